The standard InChI is InChI=1S/C16H17FN2OS/c1-11-6-7-13(9-15(11)17)19-16(21)18-10-12-4-3-5-14(8-12)20-2/h3-9H,10H2,1-2H3,(H2,18,19,21). The third kappa shape index (κ3) is 4.43. The Morgan fingerprint density at radius 2 is 2.05 bits per heavy atom. The summed E-state index contributed by atoms with van der Waals surface area (Å²) in [6, 6.07) is 12.6. The summed E-state index contributed by atoms with van der Waals surface area (Å²) >= 11 is 5.20. The minimum Gasteiger partial charge on any atom is -0.497 e. The molecule has 0 aliphatic carbocycles. The maximum Gasteiger partial charge on any atom is 0.171 e. The molecule has 0 saturated heterocycles. The number of rotatable bonds is 4. The van der Waals surface area contributed by atoms with Crippen molar-refractivity contribution in [2.45, 2.75) is 13.5 Å². The molecule has 0 atom stereocenters. The minimum absolute atomic E-state index is 0.254. The van der Waals surface area contributed by atoms with Crippen molar-refractivity contribution in [1.29, 1.82) is 0 Å². The molecule has 0 unspecified atom stereocenters. The molecule has 0 heterocycles. The van der Waals surface area contributed by atoms with Crippen molar-refractivity contribution in [3.63, 3.8) is 0 Å². The molecule has 21 heavy (non-hydrogen) atoms. The van der Waals surface area contributed by atoms with E-state index in [2.05, 4.69) is 10.6 Å². The monoisotopic (exact) mass is 304 g/mol. The Kier molecular flexibility index (Phi) is 5.11. The van der Waals surface area contributed by atoms with Gasteiger partial charge in [-0.15, -0.1) is 0 Å². The molecule has 0 aliphatic heterocycles. The lowest BCUT2D eigenvalue weighted by atomic mass is 10.2. The number of methoxy groups -OCH3 is 1. The maximum atomic E-state index is 13.4. The van der Waals surface area contributed by atoms with Gasteiger partial charge in [-0.3, -0.25) is 0 Å². The van der Waals surface area contributed by atoms with Gasteiger partial charge >= 0.3 is 0 Å². The molecule has 2 aromatic carbocycles. The predicted octanol–water partition coefficient (Wildman–Crippen LogP) is 3.63. The fraction of sp³-hybridized carbons (Fsp3) is 0.188. The summed E-state index contributed by atoms with van der Waals surface area (Å²) in [5, 5.41) is 6.48. The van der Waals surface area contributed by atoms with Crippen molar-refractivity contribution in [2.24, 2.45) is 0 Å². The van der Waals surface area contributed by atoms with Crippen LogP contribution in [0.15, 0.2) is 42.5 Å². The largest absolute Gasteiger partial charge is 0.497 e. The molecule has 110 valence electrons. The molecule has 5 heteroatoms. The lowest BCUT2D eigenvalue weighted by Crippen LogP contribution is -2.27. The summed E-state index contributed by atoms with van der Waals surface area (Å²) in [4.78, 5) is 0. The highest BCUT2D eigenvalue weighted by Crippen LogP contribution is 2.14. The van der Waals surface area contributed by atoms with Crippen molar-refractivity contribution in [3.8, 4) is 5.75 Å². The van der Waals surface area contributed by atoms with Crippen LogP contribution >= 0.6 is 12.2 Å². The van der Waals surface area contributed by atoms with Crippen LogP contribution in [0.3, 0.4) is 0 Å². The molecular weight excluding hydrogens is 287 g/mol. The zero-order valence-corrected chi connectivity index (χ0v) is 12.8. The molecule has 0 radical (unpaired) electrons. The molecular formula is C16H17FN2OS. The first-order valence-corrected chi connectivity index (χ1v) is 6.93. The van der Waals surface area contributed by atoms with Crippen LogP contribution < -0.4 is 15.4 Å². The summed E-state index contributed by atoms with van der Waals surface area (Å²) in [6.45, 7) is 2.29. The van der Waals surface area contributed by atoms with Crippen LogP contribution in [0.25, 0.3) is 0 Å². The average molecular weight is 304 g/mol. The maximum absolute atomic E-state index is 13.4. The topological polar surface area (TPSA) is 33.3 Å². The number of benzene rings is 2. The normalized spacial score (nSPS) is 10.0. The Bertz CT molecular complexity index is 646. The van der Waals surface area contributed by atoms with Crippen LogP contribution in [0.2, 0.25) is 0 Å². The van der Waals surface area contributed by atoms with Gasteiger partial charge in [0.05, 0.1) is 7.11 Å². The summed E-state index contributed by atoms with van der Waals surface area (Å²) in [5.41, 5.74) is 2.28. The Morgan fingerprint density at radius 3 is 2.76 bits per heavy atom. The number of halogens is 1. The van der Waals surface area contributed by atoms with Crippen molar-refractivity contribution in [1.82, 2.24) is 5.32 Å². The zero-order valence-electron chi connectivity index (χ0n) is 11.9. The molecule has 2 aromatic rings. The van der Waals surface area contributed by atoms with E-state index in [1.807, 2.05) is 24.3 Å². The first kappa shape index (κ1) is 15.3. The highest BCUT2D eigenvalue weighted by atomic mass is 32.1. The Balaban J connectivity index is 1.91. The van der Waals surface area contributed by atoms with Crippen LogP contribution in [-0.2, 0) is 6.54 Å². The molecule has 0 fully saturated rings. The lowest BCUT2D eigenvalue weighted by molar-refractivity contribution is 0.414. The molecule has 0 bridgehead atoms. The van der Waals surface area contributed by atoms with Crippen molar-refractivity contribution in [3.05, 3.63) is 59.4 Å². The molecule has 0 aromatic heterocycles. The van der Waals surface area contributed by atoms with E-state index in [-0.39, 0.29) is 5.82 Å². The summed E-state index contributed by atoms with van der Waals surface area (Å²) in [5.74, 6) is 0.546. The minimum atomic E-state index is -0.254. The quantitative estimate of drug-likeness (QED) is 0.845. The Labute approximate surface area is 129 Å². The average Bonchev–Trinajstić information content (AvgIpc) is 2.49. The lowest BCUT2D eigenvalue weighted by Gasteiger charge is -2.11. The van der Waals surface area contributed by atoms with E-state index >= 15 is 0 Å². The highest BCUT2D eigenvalue weighted by molar-refractivity contribution is 7.80. The smallest absolute Gasteiger partial charge is 0.171 e. The van der Waals surface area contributed by atoms with Gasteiger partial charge in [-0.2, -0.15) is 0 Å². The third-order valence-corrected chi connectivity index (χ3v) is 3.26. The molecule has 2 N–H and O–H groups in total. The number of aryl methyl sites for hydroxylation is 1. The SMILES string of the molecule is COc1cccc(CNC(=S)Nc2ccc(C)c(F)c2)c1. The third-order valence-electron chi connectivity index (χ3n) is 3.02. The number of ether oxygens (including phenoxy) is 1. The fourth-order valence-corrected chi connectivity index (χ4v) is 2.00. The van der Waals surface area contributed by atoms with E-state index in [0.29, 0.717) is 22.9 Å². The Hall–Kier alpha value is -2.14. The van der Waals surface area contributed by atoms with Crippen molar-refractivity contribution in [2.75, 3.05) is 12.4 Å². The van der Waals surface area contributed by atoms with Crippen molar-refractivity contribution >= 4 is 23.0 Å². The van der Waals surface area contributed by atoms with Gasteiger partial charge in [-0.1, -0.05) is 18.2 Å². The van der Waals surface area contributed by atoms with E-state index < -0.39 is 0 Å². The van der Waals surface area contributed by atoms with E-state index in [9.17, 15) is 4.39 Å². The van der Waals surface area contributed by atoms with E-state index in [0.717, 1.165) is 11.3 Å². The van der Waals surface area contributed by atoms with Gasteiger partial charge in [0.1, 0.15) is 11.6 Å². The summed E-state index contributed by atoms with van der Waals surface area (Å²) in [6.07, 6.45) is 0. The predicted molar refractivity (Wildman–Crippen MR) is 87.2 cm³/mol. The van der Waals surface area contributed by atoms with Crippen LogP contribution in [0.4, 0.5) is 10.1 Å². The second kappa shape index (κ2) is 7.04. The molecule has 2 rings (SSSR count). The fourth-order valence-electron chi connectivity index (χ4n) is 1.81. The Morgan fingerprint density at radius 1 is 1.24 bits per heavy atom. The molecule has 0 saturated carbocycles. The summed E-state index contributed by atoms with van der Waals surface area (Å²) in [7, 11) is 1.63. The first-order valence-electron chi connectivity index (χ1n) is 6.52. The van der Waals surface area contributed by atoms with E-state index in [1.165, 1.54) is 6.07 Å². The molecule has 0 amide bonds. The molecule has 3 nitrogen and oxygen atoms in total. The van der Waals surface area contributed by atoms with Crippen LogP contribution in [0, 0.1) is 12.7 Å². The van der Waals surface area contributed by atoms with Gasteiger partial charge in [0.2, 0.25) is 0 Å². The number of anilines is 1. The van der Waals surface area contributed by atoms with Crippen molar-refractivity contribution < 1.29 is 9.13 Å². The first-order chi connectivity index (χ1) is 10.1. The van der Waals surface area contributed by atoms with Crippen LogP contribution in [0.1, 0.15) is 11.1 Å². The molecule has 0 aliphatic rings. The number of nitrogens with one attached hydrogen (secondary N) is 2. The number of hydrogen-bond acceptors (Lipinski definition) is 2. The zero-order chi connectivity index (χ0) is 15.2. The van der Waals surface area contributed by atoms with Crippen LogP contribution in [-0.4, -0.2) is 12.2 Å². The van der Waals surface area contributed by atoms with Crippen LogP contribution in [0.5, 0.6) is 5.75 Å². The van der Waals surface area contributed by atoms with Gasteiger partial charge in [0, 0.05) is 12.2 Å². The van der Waals surface area contributed by atoms with Gasteiger partial charge < -0.3 is 15.4 Å². The van der Waals surface area contributed by atoms with Gasteiger partial charge in [0.25, 0.3) is 0 Å². The van der Waals surface area contributed by atoms with Gasteiger partial charge in [0.15, 0.2) is 5.11 Å². The van der Waals surface area contributed by atoms with Gasteiger partial charge in [-0.05, 0) is 54.5 Å². The van der Waals surface area contributed by atoms with Gasteiger partial charge in [-0.25, -0.2) is 4.39 Å². The number of thiocarbonyl (C=S) groups is 1. The highest BCUT2D eigenvalue weighted by Gasteiger charge is 2.02. The van der Waals surface area contributed by atoms with E-state index in [4.69, 9.17) is 17.0 Å². The molecule has 0 spiro atoms. The second-order valence-electron chi connectivity index (χ2n) is 4.62. The summed E-state index contributed by atoms with van der Waals surface area (Å²) < 4.78 is 18.6. The number of hydrogen-bond donors (Lipinski definition) is 2. The second-order valence-corrected chi connectivity index (χ2v) is 5.03. The van der Waals surface area contributed by atoms with E-state index in [1.54, 1.807) is 26.2 Å².